The van der Waals surface area contributed by atoms with Crippen LogP contribution in [0.4, 0.5) is 14.5 Å². The van der Waals surface area contributed by atoms with Crippen LogP contribution in [0.2, 0.25) is 0 Å². The molecule has 2 rings (SSSR count). The summed E-state index contributed by atoms with van der Waals surface area (Å²) in [5, 5.41) is 2.66. The van der Waals surface area contributed by atoms with E-state index in [-0.39, 0.29) is 36.4 Å². The molecule has 0 aliphatic rings. The average molecular weight is 346 g/mol. The maximum absolute atomic E-state index is 12.9. The summed E-state index contributed by atoms with van der Waals surface area (Å²) in [6.45, 7) is 2.18. The minimum atomic E-state index is -0.374. The molecular weight excluding hydrogens is 326 g/mol. The molecule has 0 atom stereocenters. The molecule has 2 aromatic rings. The van der Waals surface area contributed by atoms with Crippen LogP contribution in [0.15, 0.2) is 48.5 Å². The molecule has 1 N–H and O–H groups in total. The Morgan fingerprint density at radius 1 is 0.920 bits per heavy atom. The number of anilines is 1. The second-order valence-corrected chi connectivity index (χ2v) is 5.69. The fraction of sp³-hybridized carbons (Fsp3) is 0.263. The number of carbonyl (C=O) groups is 2. The Morgan fingerprint density at radius 3 is 2.04 bits per heavy atom. The lowest BCUT2D eigenvalue weighted by atomic mass is 10.1. The third-order valence-electron chi connectivity index (χ3n) is 3.77. The van der Waals surface area contributed by atoms with Gasteiger partial charge in [-0.2, -0.15) is 0 Å². The van der Waals surface area contributed by atoms with Gasteiger partial charge in [-0.1, -0.05) is 12.1 Å². The Bertz CT molecular complexity index is 715. The van der Waals surface area contributed by atoms with Gasteiger partial charge in [-0.15, -0.1) is 0 Å². The van der Waals surface area contributed by atoms with E-state index in [4.69, 9.17) is 0 Å². The number of nitrogens with zero attached hydrogens (tertiary/aromatic N) is 1. The molecule has 0 radical (unpaired) electrons. The highest BCUT2D eigenvalue weighted by atomic mass is 19.1. The van der Waals surface area contributed by atoms with Crippen molar-refractivity contribution in [2.75, 3.05) is 18.4 Å². The predicted octanol–water partition coefficient (Wildman–Crippen LogP) is 3.38. The van der Waals surface area contributed by atoms with Crippen molar-refractivity contribution in [1.29, 1.82) is 0 Å². The fourth-order valence-corrected chi connectivity index (χ4v) is 2.34. The lowest BCUT2D eigenvalue weighted by Crippen LogP contribution is -2.33. The van der Waals surface area contributed by atoms with Crippen LogP contribution in [-0.2, 0) is 16.0 Å². The molecule has 0 unspecified atom stereocenters. The maximum Gasteiger partial charge on any atom is 0.226 e. The average Bonchev–Trinajstić information content (AvgIpc) is 2.58. The van der Waals surface area contributed by atoms with Crippen molar-refractivity contribution < 1.29 is 18.4 Å². The van der Waals surface area contributed by atoms with Crippen molar-refractivity contribution in [2.45, 2.75) is 19.8 Å². The topological polar surface area (TPSA) is 49.4 Å². The summed E-state index contributed by atoms with van der Waals surface area (Å²) in [5.41, 5.74) is 1.43. The van der Waals surface area contributed by atoms with E-state index in [1.165, 1.54) is 43.3 Å². The van der Waals surface area contributed by atoms with Gasteiger partial charge < -0.3 is 10.2 Å². The Labute approximate surface area is 145 Å². The van der Waals surface area contributed by atoms with E-state index in [9.17, 15) is 18.4 Å². The van der Waals surface area contributed by atoms with Gasteiger partial charge in [0, 0.05) is 32.1 Å². The molecule has 2 amide bonds. The lowest BCUT2D eigenvalue weighted by Gasteiger charge is -2.21. The number of amides is 2. The molecule has 4 nitrogen and oxygen atoms in total. The number of hydrogen-bond acceptors (Lipinski definition) is 2. The van der Waals surface area contributed by atoms with Gasteiger partial charge in [-0.3, -0.25) is 9.59 Å². The van der Waals surface area contributed by atoms with E-state index in [0.717, 1.165) is 5.56 Å². The molecule has 0 saturated carbocycles. The Hall–Kier alpha value is -2.76. The Kier molecular flexibility index (Phi) is 6.62. The van der Waals surface area contributed by atoms with Crippen LogP contribution in [0, 0.1) is 11.6 Å². The van der Waals surface area contributed by atoms with Crippen LogP contribution in [0.3, 0.4) is 0 Å². The summed E-state index contributed by atoms with van der Waals surface area (Å²) >= 11 is 0. The molecule has 0 saturated heterocycles. The van der Waals surface area contributed by atoms with Crippen molar-refractivity contribution in [3.8, 4) is 0 Å². The molecule has 0 bridgehead atoms. The first-order valence-electron chi connectivity index (χ1n) is 7.99. The minimum Gasteiger partial charge on any atom is -0.342 e. The van der Waals surface area contributed by atoms with E-state index >= 15 is 0 Å². The molecule has 0 heterocycles. The standard InChI is InChI=1S/C19H20F2N2O2/c1-14(24)23(12-10-15-2-4-16(20)5-3-15)13-11-19(25)22-18-8-6-17(21)7-9-18/h2-9H,10-13H2,1H3,(H,22,25). The van der Waals surface area contributed by atoms with Crippen LogP contribution >= 0.6 is 0 Å². The second kappa shape index (κ2) is 8.92. The predicted molar refractivity (Wildman–Crippen MR) is 92.0 cm³/mol. The van der Waals surface area contributed by atoms with E-state index in [2.05, 4.69) is 5.32 Å². The first kappa shape index (κ1) is 18.6. The number of nitrogens with one attached hydrogen (secondary N) is 1. The van der Waals surface area contributed by atoms with Crippen LogP contribution in [-0.4, -0.2) is 29.8 Å². The number of hydrogen-bond donors (Lipinski definition) is 1. The van der Waals surface area contributed by atoms with Gasteiger partial charge in [0.15, 0.2) is 0 Å². The third kappa shape index (κ3) is 6.33. The largest absolute Gasteiger partial charge is 0.342 e. The smallest absolute Gasteiger partial charge is 0.226 e. The van der Waals surface area contributed by atoms with E-state index in [0.29, 0.717) is 18.7 Å². The molecule has 25 heavy (non-hydrogen) atoms. The van der Waals surface area contributed by atoms with Gasteiger partial charge in [0.25, 0.3) is 0 Å². The van der Waals surface area contributed by atoms with Crippen molar-refractivity contribution in [3.63, 3.8) is 0 Å². The molecule has 0 aromatic heterocycles. The monoisotopic (exact) mass is 346 g/mol. The number of rotatable bonds is 7. The quantitative estimate of drug-likeness (QED) is 0.835. The summed E-state index contributed by atoms with van der Waals surface area (Å²) in [6.07, 6.45) is 0.722. The Balaban J connectivity index is 1.82. The number of benzene rings is 2. The van der Waals surface area contributed by atoms with Crippen LogP contribution < -0.4 is 5.32 Å². The highest BCUT2D eigenvalue weighted by molar-refractivity contribution is 5.91. The van der Waals surface area contributed by atoms with Crippen molar-refractivity contribution in [2.24, 2.45) is 0 Å². The van der Waals surface area contributed by atoms with Crippen molar-refractivity contribution in [1.82, 2.24) is 4.90 Å². The molecule has 0 aliphatic heterocycles. The van der Waals surface area contributed by atoms with Gasteiger partial charge in [0.2, 0.25) is 11.8 Å². The fourth-order valence-electron chi connectivity index (χ4n) is 2.34. The number of halogens is 2. The zero-order chi connectivity index (χ0) is 18.2. The summed E-state index contributed by atoms with van der Waals surface area (Å²) in [4.78, 5) is 25.2. The summed E-state index contributed by atoms with van der Waals surface area (Å²) < 4.78 is 25.7. The normalized spacial score (nSPS) is 10.4. The molecule has 2 aromatic carbocycles. The van der Waals surface area contributed by atoms with Crippen molar-refractivity contribution >= 4 is 17.5 Å². The van der Waals surface area contributed by atoms with Crippen molar-refractivity contribution in [3.05, 3.63) is 65.7 Å². The summed E-state index contributed by atoms with van der Waals surface area (Å²) in [6, 6.07) is 11.6. The summed E-state index contributed by atoms with van der Waals surface area (Å²) in [7, 11) is 0. The molecule has 132 valence electrons. The minimum absolute atomic E-state index is 0.128. The van der Waals surface area contributed by atoms with E-state index in [1.54, 1.807) is 17.0 Å². The summed E-state index contributed by atoms with van der Waals surface area (Å²) in [5.74, 6) is -1.05. The van der Waals surface area contributed by atoms with Crippen LogP contribution in [0.5, 0.6) is 0 Å². The molecular formula is C19H20F2N2O2. The van der Waals surface area contributed by atoms with E-state index < -0.39 is 0 Å². The molecule has 6 heteroatoms. The highest BCUT2D eigenvalue weighted by Gasteiger charge is 2.11. The van der Waals surface area contributed by atoms with Gasteiger partial charge in [0.1, 0.15) is 11.6 Å². The van der Waals surface area contributed by atoms with Gasteiger partial charge in [-0.25, -0.2) is 8.78 Å². The highest BCUT2D eigenvalue weighted by Crippen LogP contribution is 2.09. The zero-order valence-electron chi connectivity index (χ0n) is 14.0. The first-order chi connectivity index (χ1) is 11.9. The molecule has 0 fully saturated rings. The number of carbonyl (C=O) groups excluding carboxylic acids is 2. The maximum atomic E-state index is 12.9. The van der Waals surface area contributed by atoms with Gasteiger partial charge >= 0.3 is 0 Å². The Morgan fingerprint density at radius 2 is 1.48 bits per heavy atom. The van der Waals surface area contributed by atoms with Gasteiger partial charge in [0.05, 0.1) is 0 Å². The van der Waals surface area contributed by atoms with Crippen LogP contribution in [0.1, 0.15) is 18.9 Å². The first-order valence-corrected chi connectivity index (χ1v) is 7.99. The van der Waals surface area contributed by atoms with Crippen LogP contribution in [0.25, 0.3) is 0 Å². The second-order valence-electron chi connectivity index (χ2n) is 5.69. The lowest BCUT2D eigenvalue weighted by molar-refractivity contribution is -0.129. The molecule has 0 spiro atoms. The molecule has 0 aliphatic carbocycles. The van der Waals surface area contributed by atoms with Gasteiger partial charge in [-0.05, 0) is 48.4 Å². The van der Waals surface area contributed by atoms with E-state index in [1.807, 2.05) is 0 Å². The SMILES string of the molecule is CC(=O)N(CCC(=O)Nc1ccc(F)cc1)CCc1ccc(F)cc1. The third-order valence-corrected chi connectivity index (χ3v) is 3.77. The zero-order valence-corrected chi connectivity index (χ0v) is 14.0.